The van der Waals surface area contributed by atoms with Gasteiger partial charge in [0.05, 0.1) is 5.56 Å². The Morgan fingerprint density at radius 1 is 1.18 bits per heavy atom. The van der Waals surface area contributed by atoms with Crippen LogP contribution >= 0.6 is 0 Å². The summed E-state index contributed by atoms with van der Waals surface area (Å²) >= 11 is 0. The molecule has 0 N–H and O–H groups in total. The van der Waals surface area contributed by atoms with Crippen LogP contribution in [0.25, 0.3) is 0 Å². The van der Waals surface area contributed by atoms with Crippen molar-refractivity contribution < 1.29 is 14.2 Å². The smallest absolute Gasteiger partial charge is 0.168 e. The average molecular weight is 378 g/mol. The molecule has 0 bridgehead atoms. The maximum Gasteiger partial charge on any atom is 0.168 e. The SMILES string of the molecule is CN(C)/N=C(\c1ccccc1OCC1COc2ccccc2O1)n1ccnc1. The van der Waals surface area contributed by atoms with Gasteiger partial charge in [-0.05, 0) is 24.3 Å². The van der Waals surface area contributed by atoms with Crippen LogP contribution in [0.3, 0.4) is 0 Å². The van der Waals surface area contributed by atoms with E-state index < -0.39 is 0 Å². The van der Waals surface area contributed by atoms with Gasteiger partial charge in [0.2, 0.25) is 0 Å². The Hall–Kier alpha value is -3.48. The van der Waals surface area contributed by atoms with E-state index in [0.717, 1.165) is 28.6 Å². The van der Waals surface area contributed by atoms with Crippen LogP contribution < -0.4 is 14.2 Å². The highest BCUT2D eigenvalue weighted by Crippen LogP contribution is 2.31. The van der Waals surface area contributed by atoms with Crippen LogP contribution in [0, 0.1) is 0 Å². The molecule has 1 aliphatic rings. The highest BCUT2D eigenvalue weighted by molar-refractivity contribution is 6.02. The zero-order valence-electron chi connectivity index (χ0n) is 15.9. The predicted molar refractivity (Wildman–Crippen MR) is 106 cm³/mol. The minimum atomic E-state index is -0.189. The van der Waals surface area contributed by atoms with Crippen LogP contribution in [-0.4, -0.2) is 53.8 Å². The number of benzene rings is 2. The van der Waals surface area contributed by atoms with Gasteiger partial charge in [-0.3, -0.25) is 4.57 Å². The minimum absolute atomic E-state index is 0.189. The number of fused-ring (bicyclic) bond motifs is 1. The van der Waals surface area contributed by atoms with Crippen LogP contribution in [0.15, 0.2) is 72.4 Å². The number of hydrogen-bond acceptors (Lipinski definition) is 6. The lowest BCUT2D eigenvalue weighted by Gasteiger charge is -2.26. The van der Waals surface area contributed by atoms with Crippen molar-refractivity contribution in [1.29, 1.82) is 0 Å². The molecule has 28 heavy (non-hydrogen) atoms. The molecular weight excluding hydrogens is 356 g/mol. The zero-order chi connectivity index (χ0) is 19.3. The molecule has 0 spiro atoms. The van der Waals surface area contributed by atoms with E-state index in [1.165, 1.54) is 0 Å². The lowest BCUT2D eigenvalue weighted by atomic mass is 10.1. The first-order chi connectivity index (χ1) is 13.7. The summed E-state index contributed by atoms with van der Waals surface area (Å²) < 4.78 is 19.7. The topological polar surface area (TPSA) is 61.1 Å². The molecule has 7 heteroatoms. The van der Waals surface area contributed by atoms with Gasteiger partial charge in [-0.1, -0.05) is 24.3 Å². The van der Waals surface area contributed by atoms with Crippen molar-refractivity contribution in [3.8, 4) is 17.2 Å². The zero-order valence-corrected chi connectivity index (χ0v) is 15.9. The van der Waals surface area contributed by atoms with E-state index in [2.05, 4.69) is 10.1 Å². The van der Waals surface area contributed by atoms with E-state index in [1.54, 1.807) is 17.5 Å². The van der Waals surface area contributed by atoms with Gasteiger partial charge in [-0.2, -0.15) is 5.10 Å². The van der Waals surface area contributed by atoms with Crippen LogP contribution in [0.2, 0.25) is 0 Å². The third kappa shape index (κ3) is 3.93. The maximum atomic E-state index is 6.11. The number of para-hydroxylation sites is 3. The highest BCUT2D eigenvalue weighted by Gasteiger charge is 2.22. The molecule has 3 aromatic rings. The van der Waals surface area contributed by atoms with Gasteiger partial charge in [-0.25, -0.2) is 4.98 Å². The van der Waals surface area contributed by atoms with E-state index in [0.29, 0.717) is 13.2 Å². The Balaban J connectivity index is 1.54. The molecule has 0 radical (unpaired) electrons. The van der Waals surface area contributed by atoms with E-state index in [9.17, 15) is 0 Å². The molecule has 2 heterocycles. The Bertz CT molecular complexity index is 954. The van der Waals surface area contributed by atoms with Crippen molar-refractivity contribution in [2.24, 2.45) is 5.10 Å². The monoisotopic (exact) mass is 378 g/mol. The molecule has 0 saturated heterocycles. The standard InChI is InChI=1S/C21H22N4O3/c1-24(2)23-21(25-12-11-22-15-25)17-7-3-4-8-18(17)26-13-16-14-27-19-9-5-6-10-20(19)28-16/h3-12,15-16H,13-14H2,1-2H3/b23-21+. The van der Waals surface area contributed by atoms with Crippen molar-refractivity contribution in [1.82, 2.24) is 14.6 Å². The molecule has 1 atom stereocenters. The lowest BCUT2D eigenvalue weighted by molar-refractivity contribution is 0.0535. The summed E-state index contributed by atoms with van der Waals surface area (Å²) in [6, 6.07) is 15.5. The normalized spacial score (nSPS) is 15.9. The van der Waals surface area contributed by atoms with Gasteiger partial charge in [0.15, 0.2) is 23.4 Å². The number of nitrogens with zero attached hydrogens (tertiary/aromatic N) is 4. The Morgan fingerprint density at radius 3 is 2.75 bits per heavy atom. The second-order valence-corrected chi connectivity index (χ2v) is 6.55. The molecule has 1 aliphatic heterocycles. The van der Waals surface area contributed by atoms with Crippen molar-refractivity contribution >= 4 is 5.84 Å². The second-order valence-electron chi connectivity index (χ2n) is 6.55. The summed E-state index contributed by atoms with van der Waals surface area (Å²) in [6.45, 7) is 0.809. The van der Waals surface area contributed by atoms with E-state index in [4.69, 9.17) is 14.2 Å². The fourth-order valence-corrected chi connectivity index (χ4v) is 2.92. The van der Waals surface area contributed by atoms with E-state index in [-0.39, 0.29) is 6.10 Å². The Morgan fingerprint density at radius 2 is 1.96 bits per heavy atom. The number of hydrogen-bond donors (Lipinski definition) is 0. The van der Waals surface area contributed by atoms with Gasteiger partial charge in [-0.15, -0.1) is 0 Å². The molecule has 0 aliphatic carbocycles. The molecule has 1 unspecified atom stereocenters. The van der Waals surface area contributed by atoms with Crippen molar-refractivity contribution in [3.63, 3.8) is 0 Å². The van der Waals surface area contributed by atoms with Gasteiger partial charge in [0.25, 0.3) is 0 Å². The molecule has 4 rings (SSSR count). The third-order valence-electron chi connectivity index (χ3n) is 4.16. The molecule has 0 fully saturated rings. The number of rotatable bonds is 5. The summed E-state index contributed by atoms with van der Waals surface area (Å²) in [5.74, 6) is 2.95. The first kappa shape index (κ1) is 17.9. The predicted octanol–water partition coefficient (Wildman–Crippen LogP) is 2.87. The first-order valence-corrected chi connectivity index (χ1v) is 9.05. The van der Waals surface area contributed by atoms with Crippen molar-refractivity contribution in [2.75, 3.05) is 27.3 Å². The Labute approximate surface area is 163 Å². The summed E-state index contributed by atoms with van der Waals surface area (Å²) in [5, 5.41) is 6.36. The molecule has 1 aromatic heterocycles. The molecular formula is C21H22N4O3. The van der Waals surface area contributed by atoms with Gasteiger partial charge in [0, 0.05) is 26.5 Å². The minimum Gasteiger partial charge on any atom is -0.489 e. The number of hydrazone groups is 1. The second kappa shape index (κ2) is 8.04. The average Bonchev–Trinajstić information content (AvgIpc) is 3.25. The maximum absolute atomic E-state index is 6.11. The Kier molecular flexibility index (Phi) is 5.14. The number of ether oxygens (including phenoxy) is 3. The lowest BCUT2D eigenvalue weighted by Crippen LogP contribution is -2.34. The largest absolute Gasteiger partial charge is 0.489 e. The summed E-state index contributed by atoms with van der Waals surface area (Å²) in [7, 11) is 3.76. The van der Waals surface area contributed by atoms with Gasteiger partial charge < -0.3 is 19.2 Å². The van der Waals surface area contributed by atoms with E-state index >= 15 is 0 Å². The molecule has 7 nitrogen and oxygen atoms in total. The summed E-state index contributed by atoms with van der Waals surface area (Å²) in [5.41, 5.74) is 0.867. The first-order valence-electron chi connectivity index (χ1n) is 9.05. The van der Waals surface area contributed by atoms with Crippen molar-refractivity contribution in [3.05, 3.63) is 72.8 Å². The quantitative estimate of drug-likeness (QED) is 0.388. The van der Waals surface area contributed by atoms with Gasteiger partial charge in [0.1, 0.15) is 25.3 Å². The third-order valence-corrected chi connectivity index (χ3v) is 4.16. The molecule has 0 amide bonds. The van der Waals surface area contributed by atoms with Crippen LogP contribution in [-0.2, 0) is 0 Å². The van der Waals surface area contributed by atoms with Crippen molar-refractivity contribution in [2.45, 2.75) is 6.10 Å². The fraction of sp³-hybridized carbons (Fsp3) is 0.238. The van der Waals surface area contributed by atoms with Crippen LogP contribution in [0.1, 0.15) is 5.56 Å². The molecule has 144 valence electrons. The van der Waals surface area contributed by atoms with Crippen LogP contribution in [0.5, 0.6) is 17.2 Å². The van der Waals surface area contributed by atoms with E-state index in [1.807, 2.05) is 73.4 Å². The fourth-order valence-electron chi connectivity index (χ4n) is 2.92. The number of imidazole rings is 1. The summed E-state index contributed by atoms with van der Waals surface area (Å²) in [4.78, 5) is 4.13. The van der Waals surface area contributed by atoms with Gasteiger partial charge >= 0.3 is 0 Å². The summed E-state index contributed by atoms with van der Waals surface area (Å²) in [6.07, 6.45) is 5.10. The number of aromatic nitrogens is 2. The molecule has 2 aromatic carbocycles. The highest BCUT2D eigenvalue weighted by atomic mass is 16.6. The van der Waals surface area contributed by atoms with Crippen LogP contribution in [0.4, 0.5) is 0 Å². The molecule has 0 saturated carbocycles.